The van der Waals surface area contributed by atoms with Crippen molar-refractivity contribution in [3.05, 3.63) is 36.5 Å². The van der Waals surface area contributed by atoms with Crippen LogP contribution in [0.1, 0.15) is 190 Å². The zero-order chi connectivity index (χ0) is 71.7. The van der Waals surface area contributed by atoms with Crippen molar-refractivity contribution < 1.29 is 115 Å². The number of carbonyl (C=O) groups is 9. The van der Waals surface area contributed by atoms with Crippen molar-refractivity contribution in [2.24, 2.45) is 93.2 Å². The van der Waals surface area contributed by atoms with Crippen molar-refractivity contribution in [3.8, 4) is 0 Å². The fourth-order valence-electron chi connectivity index (χ4n) is 17.3. The SMILES string of the molecule is C=C(COOCCOC(=O)CCCCCCCC1CCC(CCCCCC)C(CC(=O)OCCOOCC(=C)C2C3CC(C(=O)OCC)(C(=O)OCC)CC32)C1CC(=O)OCCOOCC(=C)C1C2CC(C(=O)OCC)(C(=O)OCC)CC21)C1C2CC(C(=O)OCC)(C(=O)OCC)CC21. The minimum atomic E-state index is -1.31. The van der Waals surface area contributed by atoms with Crippen LogP contribution in [0.25, 0.3) is 0 Å². The van der Waals surface area contributed by atoms with Gasteiger partial charge in [-0.05, 0) is 193 Å². The number of ether oxygens (including phenoxy) is 9. The Hall–Kier alpha value is -5.79. The molecule has 0 aromatic rings. The van der Waals surface area contributed by atoms with Gasteiger partial charge in [0.1, 0.15) is 59.5 Å². The van der Waals surface area contributed by atoms with Crippen LogP contribution >= 0.6 is 0 Å². The van der Waals surface area contributed by atoms with Crippen molar-refractivity contribution in [1.82, 2.24) is 0 Å². The standard InChI is InChI=1S/C75H114O24/c1-11-18-19-23-26-51-29-30-52(27-24-21-20-22-25-28-61(76)91-31-34-94-97-45-48(8)64-55-39-73(40-56(55)64,67(79)85-12-2)68(80)86-13-3)54(38-63(78)93-33-36-96-99-47-50(10)66-59-43-75(44-60(59)66,71(83)89-16-6)72(84)90-17-7)53(51)37-62(77)92-32-35-95-98-46-49(9)65-57-41-74(42-58(57)65,69(81)87-14-4)70(82)88-15-5/h51-60,64-66H,8-47H2,1-7H3. The Labute approximate surface area is 585 Å². The van der Waals surface area contributed by atoms with E-state index in [0.29, 0.717) is 44.9 Å². The summed E-state index contributed by atoms with van der Waals surface area (Å²) in [4.78, 5) is 151. The zero-order valence-corrected chi connectivity index (χ0v) is 60.1. The van der Waals surface area contributed by atoms with Gasteiger partial charge in [0.2, 0.25) is 0 Å². The van der Waals surface area contributed by atoms with Gasteiger partial charge in [-0.1, -0.05) is 90.9 Å². The van der Waals surface area contributed by atoms with Crippen LogP contribution in [-0.4, -0.2) is 153 Å². The van der Waals surface area contributed by atoms with Crippen LogP contribution in [0.3, 0.4) is 0 Å². The molecule has 0 spiro atoms. The van der Waals surface area contributed by atoms with Gasteiger partial charge in [0.05, 0.1) is 39.6 Å². The van der Waals surface area contributed by atoms with Crippen LogP contribution in [0.4, 0.5) is 0 Å². The summed E-state index contributed by atoms with van der Waals surface area (Å²) in [6, 6.07) is 0. The Balaban J connectivity index is 0.837. The van der Waals surface area contributed by atoms with E-state index in [0.717, 1.165) is 93.8 Å². The molecule has 0 N–H and O–H groups in total. The third-order valence-electron chi connectivity index (χ3n) is 22.0. The van der Waals surface area contributed by atoms with Crippen molar-refractivity contribution in [2.75, 3.05) is 99.1 Å². The van der Waals surface area contributed by atoms with Crippen LogP contribution in [-0.2, 0) is 115 Å². The summed E-state index contributed by atoms with van der Waals surface area (Å²) >= 11 is 0. The number of esters is 9. The van der Waals surface area contributed by atoms with Gasteiger partial charge in [0.25, 0.3) is 0 Å². The van der Waals surface area contributed by atoms with Crippen LogP contribution in [0, 0.1) is 93.2 Å². The molecule has 0 heterocycles. The third-order valence-corrected chi connectivity index (χ3v) is 22.0. The smallest absolute Gasteiger partial charge is 0.323 e. The van der Waals surface area contributed by atoms with E-state index < -0.39 is 58.0 Å². The molecule has 0 bridgehead atoms. The fraction of sp³-hybridized carbons (Fsp3) is 0.800. The zero-order valence-electron chi connectivity index (χ0n) is 60.1. The maximum Gasteiger partial charge on any atom is 0.323 e. The second-order valence-electron chi connectivity index (χ2n) is 28.2. The summed E-state index contributed by atoms with van der Waals surface area (Å²) in [6.45, 7) is 26.2. The first kappa shape index (κ1) is 80.5. The lowest BCUT2D eigenvalue weighted by atomic mass is 9.62. The third kappa shape index (κ3) is 21.2. The van der Waals surface area contributed by atoms with Gasteiger partial charge in [0.15, 0.2) is 16.2 Å². The maximum absolute atomic E-state index is 13.9. The highest BCUT2D eigenvalue weighted by atomic mass is 17.2. The molecule has 7 fully saturated rings. The highest BCUT2D eigenvalue weighted by Crippen LogP contribution is 2.69. The van der Waals surface area contributed by atoms with Gasteiger partial charge in [-0.15, -0.1) is 0 Å². The van der Waals surface area contributed by atoms with E-state index in [1.165, 1.54) is 0 Å². The monoisotopic (exact) mass is 1400 g/mol. The second-order valence-corrected chi connectivity index (χ2v) is 28.2. The molecule has 7 saturated carbocycles. The predicted molar refractivity (Wildman–Crippen MR) is 356 cm³/mol. The lowest BCUT2D eigenvalue weighted by Crippen LogP contribution is -2.41. The van der Waals surface area contributed by atoms with Gasteiger partial charge in [-0.3, -0.25) is 43.2 Å². The number of hydrogen-bond donors (Lipinski definition) is 0. The molecule has 10 unspecified atom stereocenters. The summed E-state index contributed by atoms with van der Waals surface area (Å²) in [5.74, 6) is -3.63. The molecule has 0 saturated heterocycles. The van der Waals surface area contributed by atoms with Crippen molar-refractivity contribution in [2.45, 2.75) is 190 Å². The minimum Gasteiger partial charge on any atom is -0.465 e. The van der Waals surface area contributed by atoms with Gasteiger partial charge >= 0.3 is 53.7 Å². The fourth-order valence-corrected chi connectivity index (χ4v) is 17.3. The highest BCUT2D eigenvalue weighted by molar-refractivity contribution is 6.02. The molecule has 24 heteroatoms. The molecule has 7 aliphatic rings. The van der Waals surface area contributed by atoms with Crippen molar-refractivity contribution in [3.63, 3.8) is 0 Å². The van der Waals surface area contributed by atoms with Crippen LogP contribution < -0.4 is 0 Å². The number of unbranched alkanes of at least 4 members (excludes halogenated alkanes) is 7. The number of carbonyl (C=O) groups excluding carboxylic acids is 9. The Morgan fingerprint density at radius 2 is 0.596 bits per heavy atom. The summed E-state index contributed by atoms with van der Waals surface area (Å²) in [5, 5.41) is 0. The van der Waals surface area contributed by atoms with Crippen LogP contribution in [0.5, 0.6) is 0 Å². The number of rotatable bonds is 50. The maximum atomic E-state index is 13.9. The Morgan fingerprint density at radius 1 is 0.323 bits per heavy atom. The average molecular weight is 1400 g/mol. The van der Waals surface area contributed by atoms with E-state index in [9.17, 15) is 43.2 Å². The van der Waals surface area contributed by atoms with Gasteiger partial charge in [-0.25, -0.2) is 29.3 Å². The Bertz CT molecular complexity index is 2640. The molecule has 0 aliphatic heterocycles. The van der Waals surface area contributed by atoms with E-state index in [-0.39, 0.29) is 207 Å². The van der Waals surface area contributed by atoms with Crippen molar-refractivity contribution >= 4 is 53.7 Å². The van der Waals surface area contributed by atoms with Crippen LogP contribution in [0.2, 0.25) is 0 Å². The van der Waals surface area contributed by atoms with E-state index >= 15 is 0 Å². The van der Waals surface area contributed by atoms with E-state index in [4.69, 9.17) is 72.0 Å². The van der Waals surface area contributed by atoms with E-state index in [1.807, 2.05) is 0 Å². The van der Waals surface area contributed by atoms with E-state index in [1.54, 1.807) is 41.5 Å². The topological polar surface area (TPSA) is 292 Å². The summed E-state index contributed by atoms with van der Waals surface area (Å²) in [7, 11) is 0. The first-order valence-corrected chi connectivity index (χ1v) is 37.0. The molecular weight excluding hydrogens is 1280 g/mol. The first-order chi connectivity index (χ1) is 47.8. The molecule has 24 nitrogen and oxygen atoms in total. The van der Waals surface area contributed by atoms with Gasteiger partial charge in [0, 0.05) is 19.3 Å². The van der Waals surface area contributed by atoms with Crippen LogP contribution in [0.15, 0.2) is 36.5 Å². The van der Waals surface area contributed by atoms with Crippen molar-refractivity contribution in [1.29, 1.82) is 0 Å². The lowest BCUT2D eigenvalue weighted by Gasteiger charge is -2.43. The predicted octanol–water partition coefficient (Wildman–Crippen LogP) is 11.2. The highest BCUT2D eigenvalue weighted by Gasteiger charge is 2.71. The largest absolute Gasteiger partial charge is 0.465 e. The molecule has 0 amide bonds. The Kier molecular flexibility index (Phi) is 32.2. The second kappa shape index (κ2) is 39.6. The minimum absolute atomic E-state index is 0.0240. The quantitative estimate of drug-likeness (QED) is 0.0104. The summed E-state index contributed by atoms with van der Waals surface area (Å²) in [6.07, 6.45) is 14.6. The molecular formula is C75H114O24. The molecule has 7 aliphatic carbocycles. The molecule has 7 rings (SSSR count). The molecule has 0 aromatic heterocycles. The normalized spacial score (nSPS) is 26.6. The molecule has 10 atom stereocenters. The molecule has 99 heavy (non-hydrogen) atoms. The lowest BCUT2D eigenvalue weighted by molar-refractivity contribution is -0.292. The number of hydrogen-bond acceptors (Lipinski definition) is 24. The average Bonchev–Trinajstić information content (AvgIpc) is 1.56. The van der Waals surface area contributed by atoms with E-state index in [2.05, 4.69) is 26.7 Å². The Morgan fingerprint density at radius 3 is 0.889 bits per heavy atom. The molecule has 0 radical (unpaired) electrons. The van der Waals surface area contributed by atoms with Gasteiger partial charge < -0.3 is 42.6 Å². The number of fused-ring (bicyclic) bond motifs is 3. The first-order valence-electron chi connectivity index (χ1n) is 37.0. The van der Waals surface area contributed by atoms with Gasteiger partial charge in [-0.2, -0.15) is 0 Å². The summed E-state index contributed by atoms with van der Waals surface area (Å²) in [5.41, 5.74) is -1.51. The molecule has 0 aromatic carbocycles. The molecule has 558 valence electrons. The summed E-state index contributed by atoms with van der Waals surface area (Å²) < 4.78 is 48.7.